The van der Waals surface area contributed by atoms with Crippen molar-refractivity contribution in [2.75, 3.05) is 7.11 Å². The highest BCUT2D eigenvalue weighted by Gasteiger charge is 2.19. The number of ether oxygens (including phenoxy) is 1. The summed E-state index contributed by atoms with van der Waals surface area (Å²) >= 11 is 7.56. The molecule has 96 valence electrons. The Hall–Kier alpha value is -1.03. The fourth-order valence-electron chi connectivity index (χ4n) is 1.92. The summed E-state index contributed by atoms with van der Waals surface area (Å²) in [7, 11) is 1.61. The molecule has 4 heteroatoms. The highest BCUT2D eigenvalue weighted by molar-refractivity contribution is 7.10. The summed E-state index contributed by atoms with van der Waals surface area (Å²) in [6, 6.07) is 5.68. The van der Waals surface area contributed by atoms with Gasteiger partial charge in [-0.2, -0.15) is 0 Å². The molecular weight excluding hydrogens is 268 g/mol. The summed E-state index contributed by atoms with van der Waals surface area (Å²) < 4.78 is 5.25. The third-order valence-corrected chi connectivity index (χ3v) is 4.33. The van der Waals surface area contributed by atoms with Crippen molar-refractivity contribution in [2.45, 2.75) is 20.0 Å². The number of rotatable bonds is 3. The van der Waals surface area contributed by atoms with Crippen LogP contribution in [0.2, 0.25) is 5.02 Å². The molecular formula is C14H15ClO2S. The van der Waals surface area contributed by atoms with E-state index in [1.807, 2.05) is 37.4 Å². The Morgan fingerprint density at radius 1 is 1.28 bits per heavy atom. The number of aliphatic hydroxyl groups excluding tert-OH is 1. The van der Waals surface area contributed by atoms with Crippen LogP contribution in [0.3, 0.4) is 0 Å². The van der Waals surface area contributed by atoms with Crippen LogP contribution in [-0.4, -0.2) is 12.2 Å². The largest absolute Gasteiger partial charge is 0.495 e. The Kier molecular flexibility index (Phi) is 3.95. The van der Waals surface area contributed by atoms with Crippen molar-refractivity contribution in [1.82, 2.24) is 0 Å². The third-order valence-electron chi connectivity index (χ3n) is 2.97. The Morgan fingerprint density at radius 2 is 2.00 bits per heavy atom. The smallest absolute Gasteiger partial charge is 0.135 e. The summed E-state index contributed by atoms with van der Waals surface area (Å²) in [5.41, 5.74) is 2.82. The number of aliphatic hydroxyl groups is 1. The van der Waals surface area contributed by atoms with Gasteiger partial charge < -0.3 is 9.84 Å². The SMILES string of the molecule is COc1ccsc1C(O)c1cc(C)c(Cl)cc1C. The molecule has 1 aromatic heterocycles. The van der Waals surface area contributed by atoms with E-state index in [0.29, 0.717) is 0 Å². The average molecular weight is 283 g/mol. The van der Waals surface area contributed by atoms with Gasteiger partial charge in [0.2, 0.25) is 0 Å². The molecule has 0 fully saturated rings. The van der Waals surface area contributed by atoms with Crippen LogP contribution in [0.4, 0.5) is 0 Å². The van der Waals surface area contributed by atoms with Crippen LogP contribution < -0.4 is 4.74 Å². The summed E-state index contributed by atoms with van der Waals surface area (Å²) in [5.74, 6) is 0.722. The molecule has 0 aliphatic rings. The van der Waals surface area contributed by atoms with Crippen LogP contribution in [0.5, 0.6) is 5.75 Å². The quantitative estimate of drug-likeness (QED) is 0.918. The van der Waals surface area contributed by atoms with Gasteiger partial charge in [-0.1, -0.05) is 17.7 Å². The molecule has 0 aliphatic heterocycles. The number of aryl methyl sites for hydroxylation is 2. The molecule has 1 N–H and O–H groups in total. The topological polar surface area (TPSA) is 29.5 Å². The lowest BCUT2D eigenvalue weighted by molar-refractivity contribution is 0.218. The van der Waals surface area contributed by atoms with Crippen LogP contribution in [0.1, 0.15) is 27.7 Å². The van der Waals surface area contributed by atoms with Crippen molar-refractivity contribution in [3.63, 3.8) is 0 Å². The second kappa shape index (κ2) is 5.31. The van der Waals surface area contributed by atoms with Crippen LogP contribution in [0.15, 0.2) is 23.6 Å². The van der Waals surface area contributed by atoms with E-state index in [9.17, 15) is 5.11 Å². The monoisotopic (exact) mass is 282 g/mol. The molecule has 0 bridgehead atoms. The van der Waals surface area contributed by atoms with Gasteiger partial charge in [0.15, 0.2) is 0 Å². The lowest BCUT2D eigenvalue weighted by Crippen LogP contribution is -2.02. The van der Waals surface area contributed by atoms with E-state index in [4.69, 9.17) is 16.3 Å². The lowest BCUT2D eigenvalue weighted by atomic mass is 9.99. The van der Waals surface area contributed by atoms with Crippen LogP contribution in [0.25, 0.3) is 0 Å². The zero-order valence-corrected chi connectivity index (χ0v) is 12.1. The Morgan fingerprint density at radius 3 is 2.67 bits per heavy atom. The second-order valence-electron chi connectivity index (χ2n) is 4.21. The zero-order valence-electron chi connectivity index (χ0n) is 10.5. The number of benzene rings is 1. The normalized spacial score (nSPS) is 12.5. The summed E-state index contributed by atoms with van der Waals surface area (Å²) in [6.07, 6.45) is -0.670. The van der Waals surface area contributed by atoms with Crippen LogP contribution in [0, 0.1) is 13.8 Å². The first-order valence-electron chi connectivity index (χ1n) is 5.60. The molecule has 2 nitrogen and oxygen atoms in total. The highest BCUT2D eigenvalue weighted by Crippen LogP contribution is 2.36. The van der Waals surface area contributed by atoms with Crippen molar-refractivity contribution in [3.8, 4) is 5.75 Å². The van der Waals surface area contributed by atoms with E-state index in [2.05, 4.69) is 0 Å². The Bertz CT molecular complexity index is 563. The number of thiophene rings is 1. The lowest BCUT2D eigenvalue weighted by Gasteiger charge is -2.15. The first-order valence-corrected chi connectivity index (χ1v) is 6.86. The maximum Gasteiger partial charge on any atom is 0.135 e. The van der Waals surface area contributed by atoms with E-state index >= 15 is 0 Å². The van der Waals surface area contributed by atoms with Gasteiger partial charge in [0.05, 0.1) is 12.0 Å². The van der Waals surface area contributed by atoms with Gasteiger partial charge in [-0.25, -0.2) is 0 Å². The molecule has 1 unspecified atom stereocenters. The number of hydrogen-bond acceptors (Lipinski definition) is 3. The summed E-state index contributed by atoms with van der Waals surface area (Å²) in [5, 5.41) is 13.1. The number of hydrogen-bond donors (Lipinski definition) is 1. The standard InChI is InChI=1S/C14H15ClO2S/c1-8-7-11(15)9(2)6-10(8)13(16)14-12(17-3)4-5-18-14/h4-7,13,16H,1-3H3. The van der Waals surface area contributed by atoms with Gasteiger partial charge in [0.25, 0.3) is 0 Å². The first kappa shape index (κ1) is 13.4. The van der Waals surface area contributed by atoms with E-state index in [1.165, 1.54) is 11.3 Å². The fraction of sp³-hybridized carbons (Fsp3) is 0.286. The van der Waals surface area contributed by atoms with Gasteiger partial charge in [-0.05, 0) is 48.1 Å². The Balaban J connectivity index is 2.46. The molecule has 18 heavy (non-hydrogen) atoms. The average Bonchev–Trinajstić information content (AvgIpc) is 2.81. The molecule has 2 rings (SSSR count). The predicted molar refractivity (Wildman–Crippen MR) is 75.9 cm³/mol. The maximum absolute atomic E-state index is 10.5. The number of halogens is 1. The molecule has 0 saturated heterocycles. The summed E-state index contributed by atoms with van der Waals surface area (Å²) in [6.45, 7) is 3.88. The fourth-order valence-corrected chi connectivity index (χ4v) is 3.00. The van der Waals surface area contributed by atoms with E-state index < -0.39 is 6.10 Å². The predicted octanol–water partition coefficient (Wildman–Crippen LogP) is 4.11. The molecule has 1 aromatic carbocycles. The van der Waals surface area contributed by atoms with E-state index in [1.54, 1.807) is 7.11 Å². The first-order chi connectivity index (χ1) is 8.54. The summed E-state index contributed by atoms with van der Waals surface area (Å²) in [4.78, 5) is 0.822. The van der Waals surface area contributed by atoms with E-state index in [0.717, 1.165) is 32.3 Å². The van der Waals surface area contributed by atoms with Gasteiger partial charge in [-0.15, -0.1) is 11.3 Å². The molecule has 1 heterocycles. The minimum atomic E-state index is -0.670. The van der Waals surface area contributed by atoms with Gasteiger partial charge in [0, 0.05) is 5.02 Å². The third kappa shape index (κ3) is 2.39. The number of methoxy groups -OCH3 is 1. The van der Waals surface area contributed by atoms with Crippen molar-refractivity contribution < 1.29 is 9.84 Å². The molecule has 0 aliphatic carbocycles. The minimum absolute atomic E-state index is 0.670. The molecule has 0 saturated carbocycles. The molecule has 0 radical (unpaired) electrons. The molecule has 1 atom stereocenters. The Labute approximate surface area is 116 Å². The molecule has 0 amide bonds. The molecule has 0 spiro atoms. The minimum Gasteiger partial charge on any atom is -0.495 e. The van der Waals surface area contributed by atoms with Gasteiger partial charge in [0.1, 0.15) is 11.9 Å². The van der Waals surface area contributed by atoms with Crippen molar-refractivity contribution >= 4 is 22.9 Å². The van der Waals surface area contributed by atoms with E-state index in [-0.39, 0.29) is 0 Å². The van der Waals surface area contributed by atoms with Crippen LogP contribution in [-0.2, 0) is 0 Å². The van der Waals surface area contributed by atoms with Crippen LogP contribution >= 0.6 is 22.9 Å². The molecule has 2 aromatic rings. The van der Waals surface area contributed by atoms with Gasteiger partial charge >= 0.3 is 0 Å². The maximum atomic E-state index is 10.5. The van der Waals surface area contributed by atoms with Crippen molar-refractivity contribution in [2.24, 2.45) is 0 Å². The van der Waals surface area contributed by atoms with Crippen molar-refractivity contribution in [1.29, 1.82) is 0 Å². The van der Waals surface area contributed by atoms with Gasteiger partial charge in [-0.3, -0.25) is 0 Å². The highest BCUT2D eigenvalue weighted by atomic mass is 35.5. The van der Waals surface area contributed by atoms with Crippen molar-refractivity contribution in [3.05, 3.63) is 50.2 Å². The zero-order chi connectivity index (χ0) is 13.3. The second-order valence-corrected chi connectivity index (χ2v) is 5.57.